The van der Waals surface area contributed by atoms with Crippen LogP contribution in [0.1, 0.15) is 31.2 Å². The lowest BCUT2D eigenvalue weighted by atomic mass is 10.0. The van der Waals surface area contributed by atoms with Gasteiger partial charge in [-0.15, -0.1) is 11.3 Å². The predicted octanol–water partition coefficient (Wildman–Crippen LogP) is 1.91. The molecule has 1 aromatic rings. The quantitative estimate of drug-likeness (QED) is 0.778. The van der Waals surface area contributed by atoms with Crippen molar-refractivity contribution in [3.05, 3.63) is 22.4 Å². The summed E-state index contributed by atoms with van der Waals surface area (Å²) < 4.78 is 0. The van der Waals surface area contributed by atoms with Crippen LogP contribution in [0.2, 0.25) is 0 Å². The Bertz CT molecular complexity index is 296. The maximum atomic E-state index is 10.7. The van der Waals surface area contributed by atoms with E-state index in [1.54, 1.807) is 11.3 Å². The van der Waals surface area contributed by atoms with E-state index in [1.165, 1.54) is 4.88 Å². The van der Waals surface area contributed by atoms with Crippen molar-refractivity contribution >= 4 is 17.2 Å². The highest BCUT2D eigenvalue weighted by Gasteiger charge is 2.14. The predicted molar refractivity (Wildman–Crippen MR) is 63.7 cm³/mol. The van der Waals surface area contributed by atoms with E-state index in [2.05, 4.69) is 30.6 Å². The van der Waals surface area contributed by atoms with Gasteiger partial charge in [-0.25, -0.2) is 0 Å². The van der Waals surface area contributed by atoms with Crippen LogP contribution >= 0.6 is 11.3 Å². The van der Waals surface area contributed by atoms with Gasteiger partial charge >= 0.3 is 0 Å². The molecule has 0 unspecified atom stereocenters. The van der Waals surface area contributed by atoms with Crippen LogP contribution in [0.15, 0.2) is 17.5 Å². The Morgan fingerprint density at radius 2 is 2.33 bits per heavy atom. The van der Waals surface area contributed by atoms with Gasteiger partial charge in [0, 0.05) is 10.9 Å². The van der Waals surface area contributed by atoms with Gasteiger partial charge in [-0.2, -0.15) is 0 Å². The summed E-state index contributed by atoms with van der Waals surface area (Å²) in [6.07, 6.45) is 1.02. The number of thiophene rings is 1. The maximum absolute atomic E-state index is 10.7. The summed E-state index contributed by atoms with van der Waals surface area (Å²) >= 11 is 1.71. The van der Waals surface area contributed by atoms with Crippen LogP contribution in [0.25, 0.3) is 0 Å². The normalized spacial score (nSPS) is 13.0. The summed E-state index contributed by atoms with van der Waals surface area (Å²) in [7, 11) is 0. The first-order valence-corrected chi connectivity index (χ1v) is 6.02. The summed E-state index contributed by atoms with van der Waals surface area (Å²) in [4.78, 5) is 12.0. The summed E-state index contributed by atoms with van der Waals surface area (Å²) in [6.45, 7) is 4.59. The average Bonchev–Trinajstić information content (AvgIpc) is 2.63. The van der Waals surface area contributed by atoms with Gasteiger partial charge in [0.1, 0.15) is 0 Å². The van der Waals surface area contributed by atoms with Crippen molar-refractivity contribution in [3.8, 4) is 0 Å². The van der Waals surface area contributed by atoms with E-state index in [4.69, 9.17) is 5.73 Å². The van der Waals surface area contributed by atoms with Crippen LogP contribution in [0.4, 0.5) is 0 Å². The minimum atomic E-state index is -0.305. The highest BCUT2D eigenvalue weighted by molar-refractivity contribution is 7.10. The molecule has 1 amide bonds. The van der Waals surface area contributed by atoms with E-state index in [0.29, 0.717) is 5.92 Å². The zero-order chi connectivity index (χ0) is 11.3. The maximum Gasteiger partial charge on any atom is 0.231 e. The number of hydrogen-bond acceptors (Lipinski definition) is 3. The van der Waals surface area contributed by atoms with Crippen molar-refractivity contribution in [1.82, 2.24) is 5.32 Å². The molecule has 1 aromatic heterocycles. The smallest absolute Gasteiger partial charge is 0.231 e. The lowest BCUT2D eigenvalue weighted by Gasteiger charge is -2.18. The van der Waals surface area contributed by atoms with Crippen molar-refractivity contribution in [3.63, 3.8) is 0 Å². The molecule has 0 saturated heterocycles. The number of hydrogen-bond donors (Lipinski definition) is 2. The molecule has 3 N–H and O–H groups in total. The van der Waals surface area contributed by atoms with Crippen LogP contribution in [0.5, 0.6) is 0 Å². The fourth-order valence-electron chi connectivity index (χ4n) is 1.48. The molecule has 0 saturated carbocycles. The minimum absolute atomic E-state index is 0.245. The molecule has 0 fully saturated rings. The van der Waals surface area contributed by atoms with E-state index in [1.807, 2.05) is 6.07 Å². The van der Waals surface area contributed by atoms with E-state index in [9.17, 15) is 4.79 Å². The van der Waals surface area contributed by atoms with Gasteiger partial charge < -0.3 is 11.1 Å². The summed E-state index contributed by atoms with van der Waals surface area (Å²) in [6, 6.07) is 4.36. The fourth-order valence-corrected chi connectivity index (χ4v) is 2.30. The number of nitrogens with one attached hydrogen (secondary N) is 1. The van der Waals surface area contributed by atoms with Gasteiger partial charge in [0.25, 0.3) is 0 Å². The second-order valence-electron chi connectivity index (χ2n) is 4.04. The van der Waals surface area contributed by atoms with E-state index < -0.39 is 0 Å². The SMILES string of the molecule is CC(C)C[C@@H](NCC(N)=O)c1cccs1. The Morgan fingerprint density at radius 1 is 1.60 bits per heavy atom. The number of carbonyl (C=O) groups is 1. The second-order valence-corrected chi connectivity index (χ2v) is 5.02. The summed E-state index contributed by atoms with van der Waals surface area (Å²) in [5, 5.41) is 5.24. The van der Waals surface area contributed by atoms with Gasteiger partial charge in [0.15, 0.2) is 0 Å². The number of nitrogens with two attached hydrogens (primary N) is 1. The Labute approximate surface area is 94.7 Å². The molecule has 1 rings (SSSR count). The third kappa shape index (κ3) is 4.44. The van der Waals surface area contributed by atoms with Gasteiger partial charge in [0.2, 0.25) is 5.91 Å². The highest BCUT2D eigenvalue weighted by Crippen LogP contribution is 2.24. The molecule has 0 bridgehead atoms. The molecule has 0 aliphatic carbocycles. The molecule has 0 radical (unpaired) electrons. The molecule has 0 aromatic carbocycles. The van der Waals surface area contributed by atoms with Crippen molar-refractivity contribution in [2.45, 2.75) is 26.3 Å². The van der Waals surface area contributed by atoms with Crippen molar-refractivity contribution < 1.29 is 4.79 Å². The number of amides is 1. The minimum Gasteiger partial charge on any atom is -0.369 e. The summed E-state index contributed by atoms with van der Waals surface area (Å²) in [5.41, 5.74) is 5.13. The molecule has 0 aliphatic heterocycles. The zero-order valence-corrected chi connectivity index (χ0v) is 10.0. The molecule has 1 atom stereocenters. The lowest BCUT2D eigenvalue weighted by Crippen LogP contribution is -2.32. The van der Waals surface area contributed by atoms with Gasteiger partial charge in [-0.05, 0) is 23.8 Å². The molecular weight excluding hydrogens is 208 g/mol. The first-order chi connectivity index (χ1) is 7.09. The topological polar surface area (TPSA) is 55.1 Å². The molecule has 1 heterocycles. The number of carbonyl (C=O) groups excluding carboxylic acids is 1. The molecule has 3 nitrogen and oxygen atoms in total. The second kappa shape index (κ2) is 5.88. The standard InChI is InChI=1S/C11H18N2OS/c1-8(2)6-9(13-7-11(12)14)10-4-3-5-15-10/h3-5,8-9,13H,6-7H2,1-2H3,(H2,12,14)/t9-/m1/s1. The van der Waals surface area contributed by atoms with Crippen LogP contribution < -0.4 is 11.1 Å². The number of primary amides is 1. The van der Waals surface area contributed by atoms with Crippen molar-refractivity contribution in [2.24, 2.45) is 11.7 Å². The molecule has 4 heteroatoms. The van der Waals surface area contributed by atoms with Crippen LogP contribution in [0.3, 0.4) is 0 Å². The third-order valence-electron chi connectivity index (χ3n) is 2.12. The third-order valence-corrected chi connectivity index (χ3v) is 3.10. The lowest BCUT2D eigenvalue weighted by molar-refractivity contribution is -0.117. The number of rotatable bonds is 6. The molecular formula is C11H18N2OS. The van der Waals surface area contributed by atoms with E-state index in [0.717, 1.165) is 6.42 Å². The van der Waals surface area contributed by atoms with Crippen LogP contribution in [0, 0.1) is 5.92 Å². The van der Waals surface area contributed by atoms with E-state index in [-0.39, 0.29) is 18.5 Å². The van der Waals surface area contributed by atoms with Gasteiger partial charge in [0.05, 0.1) is 6.54 Å². The Hall–Kier alpha value is -0.870. The Morgan fingerprint density at radius 3 is 2.80 bits per heavy atom. The largest absolute Gasteiger partial charge is 0.369 e. The zero-order valence-electron chi connectivity index (χ0n) is 9.19. The first-order valence-electron chi connectivity index (χ1n) is 5.14. The Balaban J connectivity index is 2.57. The van der Waals surface area contributed by atoms with E-state index >= 15 is 0 Å². The Kier molecular flexibility index (Phi) is 4.78. The van der Waals surface area contributed by atoms with Crippen LogP contribution in [-0.2, 0) is 4.79 Å². The fraction of sp³-hybridized carbons (Fsp3) is 0.545. The average molecular weight is 226 g/mol. The van der Waals surface area contributed by atoms with Gasteiger partial charge in [-0.1, -0.05) is 19.9 Å². The van der Waals surface area contributed by atoms with Gasteiger partial charge in [-0.3, -0.25) is 4.79 Å². The van der Waals surface area contributed by atoms with Crippen molar-refractivity contribution in [1.29, 1.82) is 0 Å². The molecule has 15 heavy (non-hydrogen) atoms. The molecule has 84 valence electrons. The first kappa shape index (κ1) is 12.2. The molecule has 0 aliphatic rings. The summed E-state index contributed by atoms with van der Waals surface area (Å²) in [5.74, 6) is 0.290. The van der Waals surface area contributed by atoms with Crippen molar-refractivity contribution in [2.75, 3.05) is 6.54 Å². The molecule has 0 spiro atoms. The van der Waals surface area contributed by atoms with Crippen LogP contribution in [-0.4, -0.2) is 12.5 Å². The highest BCUT2D eigenvalue weighted by atomic mass is 32.1. The monoisotopic (exact) mass is 226 g/mol.